The van der Waals surface area contributed by atoms with Crippen LogP contribution in [0.25, 0.3) is 0 Å². The fourth-order valence-electron chi connectivity index (χ4n) is 4.83. The van der Waals surface area contributed by atoms with Crippen molar-refractivity contribution in [3.05, 3.63) is 0 Å². The molecule has 0 saturated heterocycles. The molecule has 8 nitrogen and oxygen atoms in total. The lowest BCUT2D eigenvalue weighted by molar-refractivity contribution is -0.551. The van der Waals surface area contributed by atoms with Gasteiger partial charge in [-0.3, -0.25) is 0 Å². The number of aliphatic carboxylic acids is 1. The van der Waals surface area contributed by atoms with Gasteiger partial charge in [-0.2, -0.15) is 9.78 Å². The SMILES string of the molecule is CC1CC(C)(C)CC(OOC(C)(C)C)(OOC(C)(C)C)C1.CCCCC(CC)(OOC(C)(C)CCC)C(=O)O. The Morgan fingerprint density at radius 1 is 0.795 bits per heavy atom. The van der Waals surface area contributed by atoms with Gasteiger partial charge in [-0.15, -0.1) is 0 Å². The van der Waals surface area contributed by atoms with Crippen LogP contribution < -0.4 is 0 Å². The summed E-state index contributed by atoms with van der Waals surface area (Å²) >= 11 is 0. The summed E-state index contributed by atoms with van der Waals surface area (Å²) in [6.07, 6.45) is 7.11. The van der Waals surface area contributed by atoms with Crippen LogP contribution in [0.2, 0.25) is 0 Å². The third-order valence-electron chi connectivity index (χ3n) is 6.37. The third-order valence-corrected chi connectivity index (χ3v) is 6.37. The van der Waals surface area contributed by atoms with E-state index in [4.69, 9.17) is 29.3 Å². The van der Waals surface area contributed by atoms with E-state index in [2.05, 4.69) is 27.7 Å². The first-order valence-electron chi connectivity index (χ1n) is 14.9. The van der Waals surface area contributed by atoms with E-state index in [0.717, 1.165) is 44.9 Å². The number of unbranched alkanes of at least 4 members (excludes halogenated alkanes) is 1. The molecular formula is C31H62O8. The maximum atomic E-state index is 11.4. The molecule has 39 heavy (non-hydrogen) atoms. The maximum absolute atomic E-state index is 11.4. The molecule has 0 aromatic heterocycles. The summed E-state index contributed by atoms with van der Waals surface area (Å²) in [5.41, 5.74) is -2.30. The molecule has 0 spiro atoms. The molecular weight excluding hydrogens is 500 g/mol. The summed E-state index contributed by atoms with van der Waals surface area (Å²) in [6.45, 7) is 28.2. The first-order chi connectivity index (χ1) is 17.6. The zero-order valence-corrected chi connectivity index (χ0v) is 27.7. The molecule has 2 unspecified atom stereocenters. The van der Waals surface area contributed by atoms with E-state index in [1.807, 2.05) is 69.2 Å². The van der Waals surface area contributed by atoms with Crippen LogP contribution in [0.4, 0.5) is 0 Å². The van der Waals surface area contributed by atoms with E-state index in [1.165, 1.54) is 0 Å². The number of carboxylic acids is 1. The van der Waals surface area contributed by atoms with Crippen molar-refractivity contribution < 1.29 is 39.2 Å². The third kappa shape index (κ3) is 15.7. The Morgan fingerprint density at radius 3 is 1.67 bits per heavy atom. The molecule has 1 fully saturated rings. The van der Waals surface area contributed by atoms with Crippen LogP contribution in [-0.2, 0) is 34.1 Å². The molecule has 1 N–H and O–H groups in total. The van der Waals surface area contributed by atoms with Crippen molar-refractivity contribution in [3.63, 3.8) is 0 Å². The van der Waals surface area contributed by atoms with Crippen LogP contribution in [0.5, 0.6) is 0 Å². The molecule has 0 aromatic carbocycles. The Morgan fingerprint density at radius 2 is 1.31 bits per heavy atom. The van der Waals surface area contributed by atoms with Gasteiger partial charge < -0.3 is 5.11 Å². The monoisotopic (exact) mass is 562 g/mol. The number of carboxylic acid groups (broad SMARTS) is 1. The maximum Gasteiger partial charge on any atom is 0.339 e. The highest BCUT2D eigenvalue weighted by Crippen LogP contribution is 2.47. The van der Waals surface area contributed by atoms with Crippen molar-refractivity contribution in [2.24, 2.45) is 11.3 Å². The van der Waals surface area contributed by atoms with E-state index in [1.54, 1.807) is 0 Å². The molecule has 1 aliphatic rings. The lowest BCUT2D eigenvalue weighted by atomic mass is 9.70. The van der Waals surface area contributed by atoms with Crippen molar-refractivity contribution in [1.29, 1.82) is 0 Å². The molecule has 0 aromatic rings. The van der Waals surface area contributed by atoms with Crippen LogP contribution in [0.3, 0.4) is 0 Å². The molecule has 0 bridgehead atoms. The molecule has 8 heteroatoms. The Labute approximate surface area is 239 Å². The van der Waals surface area contributed by atoms with Gasteiger partial charge in [-0.05, 0) is 92.4 Å². The van der Waals surface area contributed by atoms with Gasteiger partial charge in [0.2, 0.25) is 5.79 Å². The molecule has 0 heterocycles. The second kappa shape index (κ2) is 15.5. The first kappa shape index (κ1) is 38.2. The smallest absolute Gasteiger partial charge is 0.339 e. The van der Waals surface area contributed by atoms with Crippen molar-refractivity contribution in [2.45, 2.75) is 183 Å². The fourth-order valence-corrected chi connectivity index (χ4v) is 4.83. The van der Waals surface area contributed by atoms with Gasteiger partial charge in [0.15, 0.2) is 5.60 Å². The highest BCUT2D eigenvalue weighted by molar-refractivity contribution is 5.77. The van der Waals surface area contributed by atoms with Crippen LogP contribution >= 0.6 is 0 Å². The van der Waals surface area contributed by atoms with Crippen LogP contribution in [0, 0.1) is 11.3 Å². The molecule has 2 atom stereocenters. The Bertz CT molecular complexity index is 686. The van der Waals surface area contributed by atoms with E-state index in [0.29, 0.717) is 18.8 Å². The van der Waals surface area contributed by atoms with Crippen LogP contribution in [0.15, 0.2) is 0 Å². The first-order valence-corrected chi connectivity index (χ1v) is 14.9. The van der Waals surface area contributed by atoms with Gasteiger partial charge >= 0.3 is 5.97 Å². The topological polar surface area (TPSA) is 92.7 Å². The second-order valence-corrected chi connectivity index (χ2v) is 14.8. The number of hydrogen-bond donors (Lipinski definition) is 1. The van der Waals surface area contributed by atoms with Gasteiger partial charge in [0.05, 0.1) is 16.8 Å². The van der Waals surface area contributed by atoms with Crippen LogP contribution in [-0.4, -0.2) is 39.3 Å². The van der Waals surface area contributed by atoms with E-state index in [-0.39, 0.29) is 16.6 Å². The molecule has 0 amide bonds. The molecule has 1 saturated carbocycles. The van der Waals surface area contributed by atoms with Gasteiger partial charge in [0.1, 0.15) is 0 Å². The van der Waals surface area contributed by atoms with E-state index >= 15 is 0 Å². The average Bonchev–Trinajstić information content (AvgIpc) is 2.75. The Hall–Kier alpha value is -0.770. The molecule has 0 radical (unpaired) electrons. The minimum atomic E-state index is -1.21. The zero-order chi connectivity index (χ0) is 30.8. The van der Waals surface area contributed by atoms with Gasteiger partial charge in [-0.1, -0.05) is 60.8 Å². The van der Waals surface area contributed by atoms with Crippen LogP contribution in [0.1, 0.15) is 155 Å². The van der Waals surface area contributed by atoms with E-state index in [9.17, 15) is 9.90 Å². The Kier molecular flexibility index (Phi) is 15.2. The summed E-state index contributed by atoms with van der Waals surface area (Å²) in [4.78, 5) is 44.9. The molecule has 234 valence electrons. The summed E-state index contributed by atoms with van der Waals surface area (Å²) in [6, 6.07) is 0. The second-order valence-electron chi connectivity index (χ2n) is 14.8. The quantitative estimate of drug-likeness (QED) is 0.127. The van der Waals surface area contributed by atoms with Gasteiger partial charge in [0.25, 0.3) is 0 Å². The Balaban J connectivity index is 0.000000751. The van der Waals surface area contributed by atoms with Crippen molar-refractivity contribution in [3.8, 4) is 0 Å². The normalized spacial score (nSPS) is 21.0. The average molecular weight is 563 g/mol. The van der Waals surface area contributed by atoms with Crippen molar-refractivity contribution in [1.82, 2.24) is 0 Å². The standard InChI is InChI=1S/C17H34O4.C14H28O4/c1-13-10-16(8,9)12-17(11-13,20-18-14(2,3)4)21-19-15(5,6)7;1-6-9-11-14(8-3,12(15)16)18-17-13(4,5)10-7-2/h13H,10-12H2,1-9H3;6-11H2,1-5H3,(H,15,16). The lowest BCUT2D eigenvalue weighted by Crippen LogP contribution is -2.48. The summed E-state index contributed by atoms with van der Waals surface area (Å²) in [5, 5.41) is 9.37. The lowest BCUT2D eigenvalue weighted by Gasteiger charge is -2.46. The predicted molar refractivity (Wildman–Crippen MR) is 155 cm³/mol. The largest absolute Gasteiger partial charge is 0.479 e. The minimum Gasteiger partial charge on any atom is -0.479 e. The fraction of sp³-hybridized carbons (Fsp3) is 0.968. The van der Waals surface area contributed by atoms with Gasteiger partial charge in [0, 0.05) is 12.8 Å². The molecule has 1 rings (SSSR count). The summed E-state index contributed by atoms with van der Waals surface area (Å²) in [7, 11) is 0. The highest BCUT2D eigenvalue weighted by atomic mass is 17.3. The van der Waals surface area contributed by atoms with Crippen molar-refractivity contribution >= 4 is 5.97 Å². The molecule has 0 aliphatic heterocycles. The number of hydrogen-bond acceptors (Lipinski definition) is 7. The number of carbonyl (C=O) groups is 1. The number of rotatable bonds is 14. The highest BCUT2D eigenvalue weighted by Gasteiger charge is 2.48. The summed E-state index contributed by atoms with van der Waals surface area (Å²) in [5.74, 6) is -1.30. The summed E-state index contributed by atoms with van der Waals surface area (Å²) < 4.78 is 0. The predicted octanol–water partition coefficient (Wildman–Crippen LogP) is 8.96. The zero-order valence-electron chi connectivity index (χ0n) is 27.7. The minimum absolute atomic E-state index is 0.125. The molecule has 1 aliphatic carbocycles. The van der Waals surface area contributed by atoms with Gasteiger partial charge in [-0.25, -0.2) is 24.3 Å². The van der Waals surface area contributed by atoms with Crippen molar-refractivity contribution in [2.75, 3.05) is 0 Å². The van der Waals surface area contributed by atoms with E-state index < -0.39 is 23.0 Å².